The minimum atomic E-state index is -4.38. The van der Waals surface area contributed by atoms with Gasteiger partial charge in [-0.2, -0.15) is 18.2 Å². The highest BCUT2D eigenvalue weighted by molar-refractivity contribution is 5.54. The number of hydrogen-bond acceptors (Lipinski definition) is 6. The second kappa shape index (κ2) is 7.16. The predicted molar refractivity (Wildman–Crippen MR) is 103 cm³/mol. The topological polar surface area (TPSA) is 80.2 Å². The molecule has 2 unspecified atom stereocenters. The van der Waals surface area contributed by atoms with Gasteiger partial charge >= 0.3 is 6.18 Å². The van der Waals surface area contributed by atoms with Crippen LogP contribution in [-0.2, 0) is 25.4 Å². The average molecular weight is 433 g/mol. The highest BCUT2D eigenvalue weighted by Gasteiger charge is 2.50. The van der Waals surface area contributed by atoms with Crippen molar-refractivity contribution in [3.63, 3.8) is 0 Å². The van der Waals surface area contributed by atoms with Gasteiger partial charge in [-0.3, -0.25) is 4.90 Å². The van der Waals surface area contributed by atoms with Gasteiger partial charge in [-0.25, -0.2) is 4.98 Å². The zero-order valence-electron chi connectivity index (χ0n) is 16.9. The second-order valence-corrected chi connectivity index (χ2v) is 8.45. The van der Waals surface area contributed by atoms with Gasteiger partial charge in [0, 0.05) is 37.1 Å². The number of alkyl halides is 3. The van der Waals surface area contributed by atoms with E-state index in [2.05, 4.69) is 20.0 Å². The molecule has 5 rings (SSSR count). The number of halogens is 3. The summed E-state index contributed by atoms with van der Waals surface area (Å²) in [4.78, 5) is 11.0. The van der Waals surface area contributed by atoms with Crippen molar-refractivity contribution in [1.29, 1.82) is 0 Å². The van der Waals surface area contributed by atoms with Crippen molar-refractivity contribution >= 4 is 0 Å². The van der Waals surface area contributed by atoms with Crippen molar-refractivity contribution in [3.05, 3.63) is 53.9 Å². The quantitative estimate of drug-likeness (QED) is 0.679. The van der Waals surface area contributed by atoms with E-state index in [0.717, 1.165) is 25.0 Å². The third-order valence-corrected chi connectivity index (χ3v) is 6.41. The third kappa shape index (κ3) is 3.63. The van der Waals surface area contributed by atoms with Crippen LogP contribution >= 0.6 is 0 Å². The molecule has 4 heterocycles. The Morgan fingerprint density at radius 2 is 1.84 bits per heavy atom. The lowest BCUT2D eigenvalue weighted by Gasteiger charge is -2.42. The maximum Gasteiger partial charge on any atom is 0.416 e. The zero-order valence-corrected chi connectivity index (χ0v) is 16.9. The number of piperidine rings is 1. The van der Waals surface area contributed by atoms with Crippen LogP contribution in [0.3, 0.4) is 0 Å². The molecule has 164 valence electrons. The summed E-state index contributed by atoms with van der Waals surface area (Å²) >= 11 is 0. The largest absolute Gasteiger partial charge is 0.416 e. The molecule has 2 aliphatic heterocycles. The van der Waals surface area contributed by atoms with Gasteiger partial charge in [-0.05, 0) is 37.8 Å². The van der Waals surface area contributed by atoms with E-state index < -0.39 is 17.3 Å². The summed E-state index contributed by atoms with van der Waals surface area (Å²) in [6, 6.07) is 5.04. The van der Waals surface area contributed by atoms with E-state index in [4.69, 9.17) is 4.52 Å². The van der Waals surface area contributed by atoms with Crippen LogP contribution in [0.15, 0.2) is 41.2 Å². The summed E-state index contributed by atoms with van der Waals surface area (Å²) in [5.74, 6) is 1.36. The number of hydrogen-bond donors (Lipinski definition) is 1. The van der Waals surface area contributed by atoms with Crippen LogP contribution < -0.4 is 0 Å². The molecule has 3 aromatic rings. The van der Waals surface area contributed by atoms with Crippen LogP contribution in [0.25, 0.3) is 11.4 Å². The van der Waals surface area contributed by atoms with Crippen molar-refractivity contribution in [2.75, 3.05) is 0 Å². The number of benzene rings is 1. The minimum absolute atomic E-state index is 0.168. The van der Waals surface area contributed by atoms with Gasteiger partial charge in [0.1, 0.15) is 11.4 Å². The first kappa shape index (κ1) is 20.2. The molecule has 2 aromatic heterocycles. The van der Waals surface area contributed by atoms with Crippen LogP contribution in [0.5, 0.6) is 0 Å². The SMILES string of the molecule is Cn1ccnc1C1(O)CC2CCC(C1)N2Cc1nc(-c2ccc(C(F)(F)F)cc2)no1. The standard InChI is InChI=1S/C21H22F3N5O2/c1-28-9-8-25-19(28)20(30)10-15-6-7-16(11-20)29(15)12-17-26-18(27-31-17)13-2-4-14(5-3-13)21(22,23)24/h2-5,8-9,15-16,30H,6-7,10-12H2,1H3. The number of rotatable bonds is 4. The Morgan fingerprint density at radius 3 is 2.42 bits per heavy atom. The summed E-state index contributed by atoms with van der Waals surface area (Å²) in [5.41, 5.74) is -1.21. The maximum absolute atomic E-state index is 12.8. The summed E-state index contributed by atoms with van der Waals surface area (Å²) in [7, 11) is 1.88. The first-order chi connectivity index (χ1) is 14.7. The van der Waals surface area contributed by atoms with E-state index in [9.17, 15) is 18.3 Å². The van der Waals surface area contributed by atoms with Gasteiger partial charge in [-0.15, -0.1) is 0 Å². The summed E-state index contributed by atoms with van der Waals surface area (Å²) in [6.45, 7) is 0.444. The van der Waals surface area contributed by atoms with Gasteiger partial charge < -0.3 is 14.2 Å². The fourth-order valence-corrected chi connectivity index (χ4v) is 4.97. The third-order valence-electron chi connectivity index (χ3n) is 6.41. The summed E-state index contributed by atoms with van der Waals surface area (Å²) < 4.78 is 45.5. The second-order valence-electron chi connectivity index (χ2n) is 8.45. The Labute approximate surface area is 176 Å². The molecule has 2 saturated heterocycles. The smallest absolute Gasteiger partial charge is 0.382 e. The van der Waals surface area contributed by atoms with Gasteiger partial charge in [0.05, 0.1) is 12.1 Å². The molecule has 7 nitrogen and oxygen atoms in total. The molecule has 2 atom stereocenters. The number of aryl methyl sites for hydroxylation is 1. The molecule has 2 fully saturated rings. The van der Waals surface area contributed by atoms with E-state index in [1.165, 1.54) is 12.1 Å². The van der Waals surface area contributed by atoms with Crippen molar-refractivity contribution in [2.24, 2.45) is 7.05 Å². The zero-order chi connectivity index (χ0) is 21.8. The lowest BCUT2D eigenvalue weighted by molar-refractivity contribution is -0.137. The minimum Gasteiger partial charge on any atom is -0.382 e. The highest BCUT2D eigenvalue weighted by atomic mass is 19.4. The fourth-order valence-electron chi connectivity index (χ4n) is 4.97. The van der Waals surface area contributed by atoms with E-state index in [1.54, 1.807) is 6.20 Å². The molecule has 2 bridgehead atoms. The van der Waals surface area contributed by atoms with Gasteiger partial charge in [0.2, 0.25) is 11.7 Å². The average Bonchev–Trinajstić information content (AvgIpc) is 3.42. The van der Waals surface area contributed by atoms with Crippen LogP contribution in [-0.4, -0.2) is 41.8 Å². The van der Waals surface area contributed by atoms with Gasteiger partial charge in [0.25, 0.3) is 0 Å². The lowest BCUT2D eigenvalue weighted by Crippen LogP contribution is -2.50. The van der Waals surface area contributed by atoms with Crippen molar-refractivity contribution in [2.45, 2.75) is 56.1 Å². The molecule has 2 aliphatic rings. The number of aliphatic hydroxyl groups is 1. The Kier molecular flexibility index (Phi) is 4.67. The number of nitrogens with zero attached hydrogens (tertiary/aromatic N) is 5. The van der Waals surface area contributed by atoms with Crippen molar-refractivity contribution in [1.82, 2.24) is 24.6 Å². The number of fused-ring (bicyclic) bond motifs is 2. The molecule has 10 heteroatoms. The molecule has 0 aliphatic carbocycles. The van der Waals surface area contributed by atoms with Gasteiger partial charge in [-0.1, -0.05) is 17.3 Å². The Balaban J connectivity index is 1.30. The fraction of sp³-hybridized carbons (Fsp3) is 0.476. The van der Waals surface area contributed by atoms with Crippen LogP contribution in [0, 0.1) is 0 Å². The van der Waals surface area contributed by atoms with E-state index in [1.807, 2.05) is 17.8 Å². The van der Waals surface area contributed by atoms with Crippen LogP contribution in [0.1, 0.15) is 43.0 Å². The monoisotopic (exact) mass is 433 g/mol. The van der Waals surface area contributed by atoms with E-state index >= 15 is 0 Å². The first-order valence-corrected chi connectivity index (χ1v) is 10.2. The molecular weight excluding hydrogens is 411 g/mol. The molecule has 31 heavy (non-hydrogen) atoms. The first-order valence-electron chi connectivity index (χ1n) is 10.2. The van der Waals surface area contributed by atoms with Crippen LogP contribution in [0.4, 0.5) is 13.2 Å². The maximum atomic E-state index is 12.8. The molecular formula is C21H22F3N5O2. The van der Waals surface area contributed by atoms with Gasteiger partial charge in [0.15, 0.2) is 0 Å². The molecule has 0 radical (unpaired) electrons. The molecule has 0 spiro atoms. The highest BCUT2D eigenvalue weighted by Crippen LogP contribution is 2.45. The number of aromatic nitrogens is 4. The van der Waals surface area contributed by atoms with E-state index in [-0.39, 0.29) is 17.9 Å². The Morgan fingerprint density at radius 1 is 1.16 bits per heavy atom. The predicted octanol–water partition coefficient (Wildman–Crippen LogP) is 3.50. The lowest BCUT2D eigenvalue weighted by atomic mass is 9.85. The molecule has 1 N–H and O–H groups in total. The molecule has 1 aromatic carbocycles. The molecule has 0 saturated carbocycles. The van der Waals surface area contributed by atoms with E-state index in [0.29, 0.717) is 36.7 Å². The Hall–Kier alpha value is -2.72. The molecule has 0 amide bonds. The van der Waals surface area contributed by atoms with Crippen LogP contribution in [0.2, 0.25) is 0 Å². The van der Waals surface area contributed by atoms with Crippen molar-refractivity contribution in [3.8, 4) is 11.4 Å². The summed E-state index contributed by atoms with van der Waals surface area (Å²) in [5, 5.41) is 15.2. The normalized spacial score (nSPS) is 26.5. The Bertz CT molecular complexity index is 1060. The van der Waals surface area contributed by atoms with Crippen molar-refractivity contribution < 1.29 is 22.8 Å². The number of imidazole rings is 1. The summed E-state index contributed by atoms with van der Waals surface area (Å²) in [6.07, 6.45) is 2.24.